The van der Waals surface area contributed by atoms with Gasteiger partial charge in [0, 0.05) is 22.3 Å². The molecular formula is C25H20N2O3. The van der Waals surface area contributed by atoms with Gasteiger partial charge in [0.05, 0.1) is 12.7 Å². The number of nitrogens with one attached hydrogen (secondary N) is 2. The lowest BCUT2D eigenvalue weighted by Gasteiger charge is -2.11. The number of hydrogen-bond donors (Lipinski definition) is 2. The number of carbonyl (C=O) groups is 2. The molecule has 4 aromatic carbocycles. The Morgan fingerprint density at radius 1 is 0.733 bits per heavy atom. The molecule has 0 saturated heterocycles. The highest BCUT2D eigenvalue weighted by atomic mass is 16.5. The third-order valence-corrected chi connectivity index (χ3v) is 4.77. The lowest BCUT2D eigenvalue weighted by Crippen LogP contribution is -2.15. The monoisotopic (exact) mass is 396 g/mol. The van der Waals surface area contributed by atoms with Gasteiger partial charge >= 0.3 is 0 Å². The molecule has 0 spiro atoms. The molecule has 0 saturated carbocycles. The lowest BCUT2D eigenvalue weighted by molar-refractivity contribution is 0.101. The van der Waals surface area contributed by atoms with Crippen molar-refractivity contribution in [1.29, 1.82) is 0 Å². The van der Waals surface area contributed by atoms with Gasteiger partial charge in [-0.2, -0.15) is 0 Å². The second-order valence-corrected chi connectivity index (χ2v) is 6.72. The van der Waals surface area contributed by atoms with Gasteiger partial charge in [-0.05, 0) is 41.8 Å². The van der Waals surface area contributed by atoms with Gasteiger partial charge in [-0.15, -0.1) is 0 Å². The molecule has 4 aromatic rings. The minimum atomic E-state index is -0.306. The summed E-state index contributed by atoms with van der Waals surface area (Å²) in [6, 6.07) is 27.4. The van der Waals surface area contributed by atoms with Crippen LogP contribution in [0.15, 0.2) is 91.0 Å². The fraction of sp³-hybridized carbons (Fsp3) is 0.0400. The molecule has 2 N–H and O–H groups in total. The molecule has 148 valence electrons. The van der Waals surface area contributed by atoms with Gasteiger partial charge in [0.2, 0.25) is 0 Å². The molecule has 0 aliphatic carbocycles. The quantitative estimate of drug-likeness (QED) is 0.478. The number of hydrogen-bond acceptors (Lipinski definition) is 3. The average molecular weight is 396 g/mol. The molecule has 30 heavy (non-hydrogen) atoms. The van der Waals surface area contributed by atoms with Crippen molar-refractivity contribution in [2.75, 3.05) is 17.7 Å². The van der Waals surface area contributed by atoms with Crippen LogP contribution in [0, 0.1) is 0 Å². The summed E-state index contributed by atoms with van der Waals surface area (Å²) in [5, 5.41) is 7.80. The number of para-hydroxylation sites is 1. The van der Waals surface area contributed by atoms with E-state index >= 15 is 0 Å². The maximum Gasteiger partial charge on any atom is 0.259 e. The third kappa shape index (κ3) is 4.00. The van der Waals surface area contributed by atoms with E-state index in [9.17, 15) is 9.59 Å². The van der Waals surface area contributed by atoms with Crippen molar-refractivity contribution >= 4 is 34.0 Å². The summed E-state index contributed by atoms with van der Waals surface area (Å²) in [6.07, 6.45) is 0. The van der Waals surface area contributed by atoms with E-state index in [4.69, 9.17) is 4.74 Å². The van der Waals surface area contributed by atoms with Crippen molar-refractivity contribution in [3.63, 3.8) is 0 Å². The molecule has 0 unspecified atom stereocenters. The highest BCUT2D eigenvalue weighted by Gasteiger charge is 2.13. The molecule has 2 amide bonds. The van der Waals surface area contributed by atoms with Crippen molar-refractivity contribution < 1.29 is 14.3 Å². The van der Waals surface area contributed by atoms with Crippen molar-refractivity contribution in [3.05, 3.63) is 102 Å². The van der Waals surface area contributed by atoms with Crippen LogP contribution in [0.4, 0.5) is 11.4 Å². The first-order chi connectivity index (χ1) is 14.7. The molecule has 0 aliphatic heterocycles. The largest absolute Gasteiger partial charge is 0.496 e. The van der Waals surface area contributed by atoms with Gasteiger partial charge in [0.25, 0.3) is 11.8 Å². The van der Waals surface area contributed by atoms with Crippen LogP contribution in [-0.4, -0.2) is 18.9 Å². The zero-order valence-corrected chi connectivity index (χ0v) is 16.4. The highest BCUT2D eigenvalue weighted by molar-refractivity contribution is 6.10. The number of methoxy groups -OCH3 is 1. The van der Waals surface area contributed by atoms with Gasteiger partial charge in [-0.25, -0.2) is 0 Å². The summed E-state index contributed by atoms with van der Waals surface area (Å²) in [4.78, 5) is 25.4. The molecule has 4 rings (SSSR count). The summed E-state index contributed by atoms with van der Waals surface area (Å²) in [7, 11) is 1.52. The first kappa shape index (κ1) is 19.2. The van der Waals surface area contributed by atoms with Crippen LogP contribution in [0.2, 0.25) is 0 Å². The summed E-state index contributed by atoms with van der Waals surface area (Å²) in [5.74, 6) is -0.0707. The summed E-state index contributed by atoms with van der Waals surface area (Å²) < 4.78 is 5.24. The summed E-state index contributed by atoms with van der Waals surface area (Å²) in [5.41, 5.74) is 2.13. The van der Waals surface area contributed by atoms with Crippen molar-refractivity contribution in [1.82, 2.24) is 0 Å². The highest BCUT2D eigenvalue weighted by Crippen LogP contribution is 2.24. The Hall–Kier alpha value is -4.12. The minimum absolute atomic E-state index is 0.250. The molecule has 0 bridgehead atoms. The summed E-state index contributed by atoms with van der Waals surface area (Å²) in [6.45, 7) is 0. The van der Waals surface area contributed by atoms with Gasteiger partial charge in [0.15, 0.2) is 0 Å². The van der Waals surface area contributed by atoms with E-state index < -0.39 is 0 Å². The molecule has 0 fully saturated rings. The Morgan fingerprint density at radius 2 is 1.47 bits per heavy atom. The zero-order valence-electron chi connectivity index (χ0n) is 16.4. The van der Waals surface area contributed by atoms with Gasteiger partial charge in [-0.1, -0.05) is 54.6 Å². The molecule has 0 atom stereocenters. The van der Waals surface area contributed by atoms with E-state index in [0.717, 1.165) is 16.5 Å². The fourth-order valence-electron chi connectivity index (χ4n) is 3.30. The van der Waals surface area contributed by atoms with Crippen LogP contribution in [0.5, 0.6) is 5.75 Å². The molecule has 5 nitrogen and oxygen atoms in total. The predicted molar refractivity (Wildman–Crippen MR) is 119 cm³/mol. The minimum Gasteiger partial charge on any atom is -0.496 e. The SMILES string of the molecule is COc1ccccc1C(=O)Nc1cccc(C(=O)Nc2cccc3ccccc23)c1. The Labute approximate surface area is 174 Å². The Kier molecular flexibility index (Phi) is 5.44. The Bertz CT molecular complexity index is 1230. The van der Waals surface area contributed by atoms with E-state index in [0.29, 0.717) is 22.6 Å². The second kappa shape index (κ2) is 8.49. The zero-order chi connectivity index (χ0) is 20.9. The molecule has 0 aromatic heterocycles. The fourth-order valence-corrected chi connectivity index (χ4v) is 3.30. The Morgan fingerprint density at radius 3 is 2.33 bits per heavy atom. The first-order valence-electron chi connectivity index (χ1n) is 9.49. The topological polar surface area (TPSA) is 67.4 Å². The maximum absolute atomic E-state index is 12.8. The van der Waals surface area contributed by atoms with Crippen LogP contribution in [0.1, 0.15) is 20.7 Å². The van der Waals surface area contributed by atoms with E-state index in [1.54, 1.807) is 48.5 Å². The average Bonchev–Trinajstić information content (AvgIpc) is 2.79. The lowest BCUT2D eigenvalue weighted by atomic mass is 10.1. The standard InChI is InChI=1S/C25H20N2O3/c1-30-23-15-5-4-13-21(23)25(29)26-19-11-6-10-18(16-19)24(28)27-22-14-7-9-17-8-2-3-12-20(17)22/h2-16H,1H3,(H,26,29)(H,27,28). The van der Waals surface area contributed by atoms with E-state index in [1.807, 2.05) is 42.5 Å². The van der Waals surface area contributed by atoms with Gasteiger partial charge < -0.3 is 15.4 Å². The van der Waals surface area contributed by atoms with Gasteiger partial charge in [-0.3, -0.25) is 9.59 Å². The van der Waals surface area contributed by atoms with Crippen LogP contribution >= 0.6 is 0 Å². The molecule has 0 radical (unpaired) electrons. The number of amides is 2. The van der Waals surface area contributed by atoms with Crippen LogP contribution in [0.25, 0.3) is 10.8 Å². The molecular weight excluding hydrogens is 376 g/mol. The van der Waals surface area contributed by atoms with E-state index in [-0.39, 0.29) is 11.8 Å². The van der Waals surface area contributed by atoms with Crippen LogP contribution in [-0.2, 0) is 0 Å². The van der Waals surface area contributed by atoms with Crippen LogP contribution < -0.4 is 15.4 Å². The predicted octanol–water partition coefficient (Wildman–Crippen LogP) is 5.35. The van der Waals surface area contributed by atoms with Crippen molar-refractivity contribution in [2.45, 2.75) is 0 Å². The van der Waals surface area contributed by atoms with Crippen LogP contribution in [0.3, 0.4) is 0 Å². The third-order valence-electron chi connectivity index (χ3n) is 4.77. The smallest absolute Gasteiger partial charge is 0.259 e. The molecule has 0 heterocycles. The number of fused-ring (bicyclic) bond motifs is 1. The number of rotatable bonds is 5. The number of ether oxygens (including phenoxy) is 1. The van der Waals surface area contributed by atoms with Gasteiger partial charge in [0.1, 0.15) is 5.75 Å². The number of carbonyl (C=O) groups excluding carboxylic acids is 2. The van der Waals surface area contributed by atoms with Crippen molar-refractivity contribution in [2.24, 2.45) is 0 Å². The normalized spacial score (nSPS) is 10.4. The number of benzene rings is 4. The second-order valence-electron chi connectivity index (χ2n) is 6.72. The summed E-state index contributed by atoms with van der Waals surface area (Å²) >= 11 is 0. The molecule has 0 aliphatic rings. The first-order valence-corrected chi connectivity index (χ1v) is 9.49. The van der Waals surface area contributed by atoms with E-state index in [2.05, 4.69) is 10.6 Å². The maximum atomic E-state index is 12.8. The van der Waals surface area contributed by atoms with E-state index in [1.165, 1.54) is 7.11 Å². The van der Waals surface area contributed by atoms with Crippen molar-refractivity contribution in [3.8, 4) is 5.75 Å². The number of anilines is 2. The molecule has 5 heteroatoms. The Balaban J connectivity index is 1.54.